The van der Waals surface area contributed by atoms with Gasteiger partial charge in [-0.3, -0.25) is 15.0 Å². The number of pyridine rings is 1. The van der Waals surface area contributed by atoms with Gasteiger partial charge in [0.1, 0.15) is 5.75 Å². The number of aromatic nitrogens is 3. The molecule has 0 saturated carbocycles. The zero-order valence-corrected chi connectivity index (χ0v) is 15.4. The standard InChI is InChI=1S/C20H25N5O/c1-15-12-16(6-7-21-15)25-9-3-8-24(10-11-25)14-20-18-13-17(26-2)4-5-19(18)22-23-20/h4-7,12-13H,3,8-11,14H2,1-2H3,(H,22,23). The topological polar surface area (TPSA) is 57.3 Å². The van der Waals surface area contributed by atoms with E-state index in [1.165, 1.54) is 5.69 Å². The first-order valence-corrected chi connectivity index (χ1v) is 9.14. The predicted octanol–water partition coefficient (Wildman–Crippen LogP) is 2.99. The number of benzene rings is 1. The first-order chi connectivity index (χ1) is 12.7. The predicted molar refractivity (Wildman–Crippen MR) is 104 cm³/mol. The molecule has 1 aliphatic rings. The van der Waals surface area contributed by atoms with E-state index in [4.69, 9.17) is 4.74 Å². The molecule has 1 aliphatic heterocycles. The molecule has 0 spiro atoms. The lowest BCUT2D eigenvalue weighted by atomic mass is 10.2. The van der Waals surface area contributed by atoms with E-state index in [1.54, 1.807) is 7.11 Å². The molecule has 26 heavy (non-hydrogen) atoms. The minimum atomic E-state index is 0.871. The second kappa shape index (κ2) is 7.33. The highest BCUT2D eigenvalue weighted by Gasteiger charge is 2.17. The Morgan fingerprint density at radius 2 is 2.04 bits per heavy atom. The van der Waals surface area contributed by atoms with E-state index in [0.29, 0.717) is 0 Å². The van der Waals surface area contributed by atoms with Crippen molar-refractivity contribution in [2.45, 2.75) is 19.9 Å². The van der Waals surface area contributed by atoms with Crippen LogP contribution in [0.25, 0.3) is 10.9 Å². The van der Waals surface area contributed by atoms with Gasteiger partial charge in [-0.25, -0.2) is 0 Å². The van der Waals surface area contributed by atoms with Crippen molar-refractivity contribution in [1.29, 1.82) is 0 Å². The maximum absolute atomic E-state index is 5.36. The first kappa shape index (κ1) is 16.8. The van der Waals surface area contributed by atoms with Crippen LogP contribution in [0.3, 0.4) is 0 Å². The molecule has 2 aromatic heterocycles. The molecule has 3 heterocycles. The Morgan fingerprint density at radius 1 is 1.12 bits per heavy atom. The summed E-state index contributed by atoms with van der Waals surface area (Å²) >= 11 is 0. The van der Waals surface area contributed by atoms with Crippen LogP contribution in [0.4, 0.5) is 5.69 Å². The van der Waals surface area contributed by atoms with Crippen molar-refractivity contribution >= 4 is 16.6 Å². The molecule has 1 aromatic carbocycles. The quantitative estimate of drug-likeness (QED) is 0.783. The highest BCUT2D eigenvalue weighted by Crippen LogP contribution is 2.24. The van der Waals surface area contributed by atoms with Gasteiger partial charge in [0.25, 0.3) is 0 Å². The molecule has 0 bridgehead atoms. The molecule has 136 valence electrons. The van der Waals surface area contributed by atoms with E-state index >= 15 is 0 Å². The molecule has 1 saturated heterocycles. The minimum Gasteiger partial charge on any atom is -0.497 e. The third-order valence-electron chi connectivity index (χ3n) is 5.06. The first-order valence-electron chi connectivity index (χ1n) is 9.14. The lowest BCUT2D eigenvalue weighted by Crippen LogP contribution is -2.30. The second-order valence-corrected chi connectivity index (χ2v) is 6.86. The summed E-state index contributed by atoms with van der Waals surface area (Å²) in [4.78, 5) is 9.27. The Morgan fingerprint density at radius 3 is 2.88 bits per heavy atom. The van der Waals surface area contributed by atoms with Crippen LogP contribution in [0.2, 0.25) is 0 Å². The number of nitrogens with one attached hydrogen (secondary N) is 1. The van der Waals surface area contributed by atoms with Gasteiger partial charge in [-0.2, -0.15) is 5.10 Å². The molecular weight excluding hydrogens is 326 g/mol. The van der Waals surface area contributed by atoms with Crippen LogP contribution >= 0.6 is 0 Å². The summed E-state index contributed by atoms with van der Waals surface area (Å²) in [6.07, 6.45) is 3.05. The number of methoxy groups -OCH3 is 1. The van der Waals surface area contributed by atoms with Gasteiger partial charge in [-0.05, 0) is 43.7 Å². The normalized spacial score (nSPS) is 16.0. The van der Waals surface area contributed by atoms with Crippen LogP contribution in [-0.2, 0) is 6.54 Å². The van der Waals surface area contributed by atoms with Crippen molar-refractivity contribution < 1.29 is 4.74 Å². The summed E-state index contributed by atoms with van der Waals surface area (Å²) in [5.74, 6) is 0.871. The molecule has 1 fully saturated rings. The molecule has 0 aliphatic carbocycles. The summed E-state index contributed by atoms with van der Waals surface area (Å²) in [5.41, 5.74) is 4.49. The van der Waals surface area contributed by atoms with E-state index in [2.05, 4.69) is 43.2 Å². The fourth-order valence-corrected chi connectivity index (χ4v) is 3.63. The average Bonchev–Trinajstić information content (AvgIpc) is 2.90. The summed E-state index contributed by atoms with van der Waals surface area (Å²) in [6, 6.07) is 10.3. The van der Waals surface area contributed by atoms with Crippen LogP contribution in [0.5, 0.6) is 5.75 Å². The fourth-order valence-electron chi connectivity index (χ4n) is 3.63. The Labute approximate surface area is 153 Å². The van der Waals surface area contributed by atoms with Crippen LogP contribution in [0.15, 0.2) is 36.5 Å². The van der Waals surface area contributed by atoms with Gasteiger partial charge in [-0.1, -0.05) is 0 Å². The third-order valence-corrected chi connectivity index (χ3v) is 5.06. The summed E-state index contributed by atoms with van der Waals surface area (Å²) in [5, 5.41) is 8.79. The number of ether oxygens (including phenoxy) is 1. The Balaban J connectivity index is 1.46. The molecule has 4 rings (SSSR count). The molecule has 0 amide bonds. The van der Waals surface area contributed by atoms with Crippen LogP contribution in [-0.4, -0.2) is 53.4 Å². The number of hydrogen-bond acceptors (Lipinski definition) is 5. The van der Waals surface area contributed by atoms with Crippen molar-refractivity contribution in [3.8, 4) is 5.75 Å². The fraction of sp³-hybridized carbons (Fsp3) is 0.400. The van der Waals surface area contributed by atoms with Gasteiger partial charge in [0.2, 0.25) is 0 Å². The van der Waals surface area contributed by atoms with Gasteiger partial charge >= 0.3 is 0 Å². The van der Waals surface area contributed by atoms with Crippen LogP contribution in [0, 0.1) is 6.92 Å². The van der Waals surface area contributed by atoms with Gasteiger partial charge in [0, 0.05) is 55.7 Å². The molecule has 3 aromatic rings. The van der Waals surface area contributed by atoms with E-state index in [0.717, 1.165) is 67.2 Å². The Kier molecular flexibility index (Phi) is 4.75. The second-order valence-electron chi connectivity index (χ2n) is 6.86. The number of anilines is 1. The molecule has 6 nitrogen and oxygen atoms in total. The molecule has 0 radical (unpaired) electrons. The summed E-state index contributed by atoms with van der Waals surface area (Å²) in [6.45, 7) is 7.16. The van der Waals surface area contributed by atoms with Gasteiger partial charge < -0.3 is 9.64 Å². The number of nitrogens with zero attached hydrogens (tertiary/aromatic N) is 4. The summed E-state index contributed by atoms with van der Waals surface area (Å²) < 4.78 is 5.36. The smallest absolute Gasteiger partial charge is 0.119 e. The zero-order chi connectivity index (χ0) is 17.9. The number of rotatable bonds is 4. The Bertz CT molecular complexity index is 891. The number of aromatic amines is 1. The van der Waals surface area contributed by atoms with Crippen molar-refractivity contribution in [2.75, 3.05) is 38.2 Å². The summed E-state index contributed by atoms with van der Waals surface area (Å²) in [7, 11) is 1.70. The molecular formula is C20H25N5O. The SMILES string of the molecule is COc1ccc2n[nH]c(CN3CCCN(c4ccnc(C)c4)CC3)c2c1. The van der Waals surface area contributed by atoms with Gasteiger partial charge in [0.15, 0.2) is 0 Å². The molecule has 6 heteroatoms. The maximum Gasteiger partial charge on any atom is 0.119 e. The maximum atomic E-state index is 5.36. The van der Waals surface area contributed by atoms with E-state index in [9.17, 15) is 0 Å². The van der Waals surface area contributed by atoms with Crippen LogP contribution in [0.1, 0.15) is 17.8 Å². The van der Waals surface area contributed by atoms with Crippen molar-refractivity contribution in [3.63, 3.8) is 0 Å². The Hall–Kier alpha value is -2.60. The largest absolute Gasteiger partial charge is 0.497 e. The molecule has 0 atom stereocenters. The lowest BCUT2D eigenvalue weighted by molar-refractivity contribution is 0.283. The number of H-pyrrole nitrogens is 1. The number of fused-ring (bicyclic) bond motifs is 1. The molecule has 0 unspecified atom stereocenters. The van der Waals surface area contributed by atoms with E-state index in [-0.39, 0.29) is 0 Å². The number of aryl methyl sites for hydroxylation is 1. The number of hydrogen-bond donors (Lipinski definition) is 1. The van der Waals surface area contributed by atoms with Crippen LogP contribution < -0.4 is 9.64 Å². The lowest BCUT2D eigenvalue weighted by Gasteiger charge is -2.23. The molecule has 1 N–H and O–H groups in total. The zero-order valence-electron chi connectivity index (χ0n) is 15.4. The third kappa shape index (κ3) is 3.51. The van der Waals surface area contributed by atoms with Gasteiger partial charge in [0.05, 0.1) is 18.3 Å². The van der Waals surface area contributed by atoms with E-state index < -0.39 is 0 Å². The van der Waals surface area contributed by atoms with Crippen molar-refractivity contribution in [2.24, 2.45) is 0 Å². The van der Waals surface area contributed by atoms with Crippen molar-refractivity contribution in [3.05, 3.63) is 47.9 Å². The average molecular weight is 351 g/mol. The highest BCUT2D eigenvalue weighted by atomic mass is 16.5. The highest BCUT2D eigenvalue weighted by molar-refractivity contribution is 5.82. The minimum absolute atomic E-state index is 0.871. The van der Waals surface area contributed by atoms with Crippen molar-refractivity contribution in [1.82, 2.24) is 20.1 Å². The monoisotopic (exact) mass is 351 g/mol. The van der Waals surface area contributed by atoms with Gasteiger partial charge in [-0.15, -0.1) is 0 Å². The van der Waals surface area contributed by atoms with E-state index in [1.807, 2.05) is 25.3 Å².